The lowest BCUT2D eigenvalue weighted by atomic mass is 9.86. The Bertz CT molecular complexity index is 810. The molecule has 1 aromatic carbocycles. The minimum absolute atomic E-state index is 0.0130. The quantitative estimate of drug-likeness (QED) is 0.864. The van der Waals surface area contributed by atoms with Crippen molar-refractivity contribution < 1.29 is 9.53 Å². The van der Waals surface area contributed by atoms with E-state index in [2.05, 4.69) is 31.8 Å². The highest BCUT2D eigenvalue weighted by molar-refractivity contribution is 5.94. The number of amides is 1. The molecule has 1 aromatic heterocycles. The van der Waals surface area contributed by atoms with E-state index < -0.39 is 0 Å². The fraction of sp³-hybridized carbons (Fsp3) is 0.350. The standard InChI is InChI=1S/C20H21N3O2/c1-20(2,3)16-6-4-15(5-7-16)19(24)23-12-17(13-23)25-18-10-14(11-21)8-9-22-18/h4-10,17H,12-13H2,1-3H3. The summed E-state index contributed by atoms with van der Waals surface area (Å²) in [5, 5.41) is 8.89. The van der Waals surface area contributed by atoms with Crippen molar-refractivity contribution in [2.75, 3.05) is 13.1 Å². The Balaban J connectivity index is 1.57. The molecule has 0 saturated carbocycles. The van der Waals surface area contributed by atoms with Crippen molar-refractivity contribution >= 4 is 5.91 Å². The largest absolute Gasteiger partial charge is 0.471 e. The number of benzene rings is 1. The van der Waals surface area contributed by atoms with E-state index in [4.69, 9.17) is 10.00 Å². The number of nitriles is 1. The van der Waals surface area contributed by atoms with Gasteiger partial charge in [-0.3, -0.25) is 4.79 Å². The first-order valence-electron chi connectivity index (χ1n) is 8.29. The summed E-state index contributed by atoms with van der Waals surface area (Å²) in [7, 11) is 0. The Morgan fingerprint density at radius 3 is 2.52 bits per heavy atom. The third-order valence-electron chi connectivity index (χ3n) is 4.28. The fourth-order valence-electron chi connectivity index (χ4n) is 2.69. The highest BCUT2D eigenvalue weighted by Crippen LogP contribution is 2.24. The van der Waals surface area contributed by atoms with Crippen LogP contribution in [0, 0.1) is 11.3 Å². The van der Waals surface area contributed by atoms with E-state index in [-0.39, 0.29) is 17.4 Å². The lowest BCUT2D eigenvalue weighted by Crippen LogP contribution is -2.56. The number of carbonyl (C=O) groups excluding carboxylic acids is 1. The molecule has 0 unspecified atom stereocenters. The van der Waals surface area contributed by atoms with Crippen LogP contribution < -0.4 is 4.74 Å². The Kier molecular flexibility index (Phi) is 4.45. The molecule has 5 heteroatoms. The number of aromatic nitrogens is 1. The summed E-state index contributed by atoms with van der Waals surface area (Å²) in [5.41, 5.74) is 2.48. The lowest BCUT2D eigenvalue weighted by molar-refractivity contribution is 0.0160. The average molecular weight is 335 g/mol. The summed E-state index contributed by atoms with van der Waals surface area (Å²) >= 11 is 0. The van der Waals surface area contributed by atoms with Gasteiger partial charge in [0.05, 0.1) is 24.7 Å². The Labute approximate surface area is 147 Å². The summed E-state index contributed by atoms with van der Waals surface area (Å²) in [5.74, 6) is 0.435. The number of likely N-dealkylation sites (tertiary alicyclic amines) is 1. The number of hydrogen-bond acceptors (Lipinski definition) is 4. The van der Waals surface area contributed by atoms with Crippen molar-refractivity contribution in [3.8, 4) is 11.9 Å². The normalized spacial score (nSPS) is 14.6. The van der Waals surface area contributed by atoms with Crippen molar-refractivity contribution in [3.05, 3.63) is 59.3 Å². The van der Waals surface area contributed by atoms with Crippen LogP contribution in [-0.2, 0) is 5.41 Å². The second-order valence-electron chi connectivity index (χ2n) is 7.27. The van der Waals surface area contributed by atoms with Gasteiger partial charge in [0.2, 0.25) is 5.88 Å². The molecule has 1 saturated heterocycles. The van der Waals surface area contributed by atoms with Crippen LogP contribution in [0.2, 0.25) is 0 Å². The predicted molar refractivity (Wildman–Crippen MR) is 94.4 cm³/mol. The number of rotatable bonds is 3. The van der Waals surface area contributed by atoms with Gasteiger partial charge < -0.3 is 9.64 Å². The molecule has 3 rings (SSSR count). The van der Waals surface area contributed by atoms with Gasteiger partial charge in [0.25, 0.3) is 5.91 Å². The van der Waals surface area contributed by atoms with Crippen LogP contribution in [0.4, 0.5) is 0 Å². The molecule has 2 aromatic rings. The third kappa shape index (κ3) is 3.80. The van der Waals surface area contributed by atoms with Gasteiger partial charge in [0.15, 0.2) is 0 Å². The fourth-order valence-corrected chi connectivity index (χ4v) is 2.69. The zero-order chi connectivity index (χ0) is 18.0. The zero-order valence-electron chi connectivity index (χ0n) is 14.7. The van der Waals surface area contributed by atoms with E-state index in [1.54, 1.807) is 23.2 Å². The van der Waals surface area contributed by atoms with E-state index in [9.17, 15) is 4.79 Å². The van der Waals surface area contributed by atoms with Crippen molar-refractivity contribution in [1.82, 2.24) is 9.88 Å². The Morgan fingerprint density at radius 2 is 1.92 bits per heavy atom. The van der Waals surface area contributed by atoms with E-state index in [0.29, 0.717) is 30.1 Å². The number of nitrogens with zero attached hydrogens (tertiary/aromatic N) is 3. The van der Waals surface area contributed by atoms with Crippen molar-refractivity contribution in [3.63, 3.8) is 0 Å². The number of hydrogen-bond donors (Lipinski definition) is 0. The second kappa shape index (κ2) is 6.56. The van der Waals surface area contributed by atoms with Gasteiger partial charge in [-0.1, -0.05) is 32.9 Å². The van der Waals surface area contributed by atoms with Gasteiger partial charge in [-0.05, 0) is 29.2 Å². The van der Waals surface area contributed by atoms with Crippen molar-refractivity contribution in [2.24, 2.45) is 0 Å². The van der Waals surface area contributed by atoms with Crippen LogP contribution in [-0.4, -0.2) is 35.0 Å². The maximum Gasteiger partial charge on any atom is 0.254 e. The molecule has 25 heavy (non-hydrogen) atoms. The molecule has 1 aliphatic heterocycles. The van der Waals surface area contributed by atoms with Crippen LogP contribution in [0.1, 0.15) is 42.3 Å². The van der Waals surface area contributed by atoms with E-state index in [1.807, 2.05) is 24.3 Å². The second-order valence-corrected chi connectivity index (χ2v) is 7.27. The van der Waals surface area contributed by atoms with Crippen LogP contribution in [0.3, 0.4) is 0 Å². The molecule has 0 bridgehead atoms. The number of carbonyl (C=O) groups is 1. The third-order valence-corrected chi connectivity index (χ3v) is 4.28. The number of ether oxygens (including phenoxy) is 1. The zero-order valence-corrected chi connectivity index (χ0v) is 14.7. The molecule has 1 fully saturated rings. The SMILES string of the molecule is CC(C)(C)c1ccc(C(=O)N2CC(Oc3cc(C#N)ccn3)C2)cc1. The van der Waals surface area contributed by atoms with Gasteiger partial charge in [-0.2, -0.15) is 5.26 Å². The minimum atomic E-state index is -0.0840. The van der Waals surface area contributed by atoms with Crippen molar-refractivity contribution in [1.29, 1.82) is 5.26 Å². The highest BCUT2D eigenvalue weighted by Gasteiger charge is 2.33. The first kappa shape index (κ1) is 17.0. The van der Waals surface area contributed by atoms with Gasteiger partial charge in [-0.25, -0.2) is 4.98 Å². The molecule has 0 spiro atoms. The highest BCUT2D eigenvalue weighted by atomic mass is 16.5. The van der Waals surface area contributed by atoms with Crippen LogP contribution in [0.5, 0.6) is 5.88 Å². The van der Waals surface area contributed by atoms with Crippen molar-refractivity contribution in [2.45, 2.75) is 32.3 Å². The first-order valence-corrected chi connectivity index (χ1v) is 8.29. The first-order chi connectivity index (χ1) is 11.9. The van der Waals surface area contributed by atoms with E-state index in [1.165, 1.54) is 5.56 Å². The molecule has 0 N–H and O–H groups in total. The molecule has 1 amide bonds. The number of pyridine rings is 1. The van der Waals surface area contributed by atoms with E-state index in [0.717, 1.165) is 0 Å². The summed E-state index contributed by atoms with van der Waals surface area (Å²) in [6.07, 6.45) is 1.46. The topological polar surface area (TPSA) is 66.2 Å². The monoisotopic (exact) mass is 335 g/mol. The Hall–Kier alpha value is -2.87. The van der Waals surface area contributed by atoms with Gasteiger partial charge >= 0.3 is 0 Å². The summed E-state index contributed by atoms with van der Waals surface area (Å²) in [6.45, 7) is 7.50. The maximum absolute atomic E-state index is 12.5. The molecule has 0 radical (unpaired) electrons. The van der Waals surface area contributed by atoms with Crippen LogP contribution in [0.25, 0.3) is 0 Å². The van der Waals surface area contributed by atoms with Gasteiger partial charge in [0.1, 0.15) is 6.10 Å². The molecule has 128 valence electrons. The van der Waals surface area contributed by atoms with Crippen LogP contribution >= 0.6 is 0 Å². The molecule has 0 atom stereocenters. The minimum Gasteiger partial charge on any atom is -0.471 e. The molecule has 5 nitrogen and oxygen atoms in total. The summed E-state index contributed by atoms with van der Waals surface area (Å²) < 4.78 is 5.72. The predicted octanol–water partition coefficient (Wildman–Crippen LogP) is 3.15. The summed E-state index contributed by atoms with van der Waals surface area (Å²) in [4.78, 5) is 18.3. The Morgan fingerprint density at radius 1 is 1.24 bits per heavy atom. The van der Waals surface area contributed by atoms with Gasteiger partial charge in [-0.15, -0.1) is 0 Å². The maximum atomic E-state index is 12.5. The van der Waals surface area contributed by atoms with Crippen LogP contribution in [0.15, 0.2) is 42.6 Å². The van der Waals surface area contributed by atoms with Gasteiger partial charge in [0, 0.05) is 17.8 Å². The van der Waals surface area contributed by atoms with E-state index >= 15 is 0 Å². The smallest absolute Gasteiger partial charge is 0.254 e. The summed E-state index contributed by atoms with van der Waals surface area (Å²) in [6, 6.07) is 13.1. The molecule has 1 aliphatic rings. The average Bonchev–Trinajstić information content (AvgIpc) is 2.56. The molecule has 2 heterocycles. The molecular formula is C20H21N3O2. The molecular weight excluding hydrogens is 314 g/mol. The lowest BCUT2D eigenvalue weighted by Gasteiger charge is -2.38. The molecule has 0 aliphatic carbocycles.